The molecule has 0 bridgehead atoms. The quantitative estimate of drug-likeness (QED) is 0.792. The first kappa shape index (κ1) is 19.7. The highest BCUT2D eigenvalue weighted by atomic mass is 19.4. The molecular formula is C20H24F3NO3. The van der Waals surface area contributed by atoms with Gasteiger partial charge in [0.25, 0.3) is 0 Å². The summed E-state index contributed by atoms with van der Waals surface area (Å²) in [6, 6.07) is 6.10. The van der Waals surface area contributed by atoms with E-state index in [0.29, 0.717) is 44.3 Å². The Morgan fingerprint density at radius 1 is 1.19 bits per heavy atom. The highest BCUT2D eigenvalue weighted by Gasteiger charge is 2.51. The van der Waals surface area contributed by atoms with Gasteiger partial charge >= 0.3 is 6.18 Å². The van der Waals surface area contributed by atoms with Crippen LogP contribution in [-0.2, 0) is 4.79 Å². The lowest BCUT2D eigenvalue weighted by atomic mass is 9.66. The number of aliphatic hydroxyl groups is 1. The van der Waals surface area contributed by atoms with E-state index in [4.69, 9.17) is 4.74 Å². The third kappa shape index (κ3) is 3.98. The molecule has 1 saturated carbocycles. The number of carbonyl (C=O) groups is 1. The summed E-state index contributed by atoms with van der Waals surface area (Å²) in [4.78, 5) is 14.7. The van der Waals surface area contributed by atoms with Crippen molar-refractivity contribution in [3.63, 3.8) is 0 Å². The van der Waals surface area contributed by atoms with Crippen LogP contribution in [0.1, 0.15) is 39.0 Å². The number of benzene rings is 1. The molecule has 2 fully saturated rings. The van der Waals surface area contributed by atoms with Gasteiger partial charge in [0.05, 0.1) is 11.0 Å². The van der Waals surface area contributed by atoms with Crippen LogP contribution in [0.15, 0.2) is 36.4 Å². The number of alkyl halides is 3. The Bertz CT molecular complexity index is 719. The Morgan fingerprint density at radius 3 is 2.30 bits per heavy atom. The van der Waals surface area contributed by atoms with Gasteiger partial charge in [-0.2, -0.15) is 13.2 Å². The number of rotatable bonds is 4. The van der Waals surface area contributed by atoms with E-state index in [1.54, 1.807) is 17.0 Å². The molecule has 4 nitrogen and oxygen atoms in total. The van der Waals surface area contributed by atoms with Crippen molar-refractivity contribution in [2.24, 2.45) is 5.41 Å². The Balaban J connectivity index is 1.66. The number of nitrogens with zero attached hydrogens (tertiary/aromatic N) is 1. The predicted octanol–water partition coefficient (Wildman–Crippen LogP) is 4.23. The van der Waals surface area contributed by atoms with Crippen molar-refractivity contribution < 1.29 is 27.8 Å². The van der Waals surface area contributed by atoms with Crippen molar-refractivity contribution in [1.82, 2.24) is 0 Å². The Labute approximate surface area is 156 Å². The van der Waals surface area contributed by atoms with Crippen LogP contribution in [0.2, 0.25) is 0 Å². The van der Waals surface area contributed by atoms with Crippen molar-refractivity contribution in [3.8, 4) is 5.75 Å². The van der Waals surface area contributed by atoms with Crippen LogP contribution in [0.25, 0.3) is 0 Å². The van der Waals surface area contributed by atoms with Crippen molar-refractivity contribution in [2.75, 3.05) is 18.1 Å². The fourth-order valence-corrected chi connectivity index (χ4v) is 3.99. The lowest BCUT2D eigenvalue weighted by Gasteiger charge is -2.41. The molecule has 0 unspecified atom stereocenters. The number of hydrogen-bond acceptors (Lipinski definition) is 3. The Morgan fingerprint density at radius 2 is 1.78 bits per heavy atom. The maximum Gasteiger partial charge on any atom is 0.422 e. The molecule has 1 N–H and O–H groups in total. The summed E-state index contributed by atoms with van der Waals surface area (Å²) in [5, 5.41) is 10.6. The number of halogens is 3. The minimum Gasteiger partial charge on any atom is -0.484 e. The van der Waals surface area contributed by atoms with Gasteiger partial charge in [0, 0.05) is 12.2 Å². The second kappa shape index (κ2) is 6.86. The summed E-state index contributed by atoms with van der Waals surface area (Å²) in [6.45, 7) is 4.89. The van der Waals surface area contributed by atoms with E-state index in [1.165, 1.54) is 12.1 Å². The normalized spacial score (nSPS) is 28.6. The molecule has 1 aromatic rings. The summed E-state index contributed by atoms with van der Waals surface area (Å²) >= 11 is 0. The molecule has 1 saturated heterocycles. The van der Waals surface area contributed by atoms with E-state index in [1.807, 2.05) is 6.92 Å². The second-order valence-electron chi connectivity index (χ2n) is 7.70. The highest BCUT2D eigenvalue weighted by Crippen LogP contribution is 2.50. The lowest BCUT2D eigenvalue weighted by molar-refractivity contribution is -0.153. The van der Waals surface area contributed by atoms with Gasteiger partial charge in [0.15, 0.2) is 6.61 Å². The molecule has 1 heterocycles. The van der Waals surface area contributed by atoms with E-state index >= 15 is 0 Å². The van der Waals surface area contributed by atoms with E-state index in [2.05, 4.69) is 6.58 Å². The summed E-state index contributed by atoms with van der Waals surface area (Å²) in [5.74, 6) is 0.136. The van der Waals surface area contributed by atoms with Crippen LogP contribution in [0.3, 0.4) is 0 Å². The molecule has 1 aliphatic heterocycles. The van der Waals surface area contributed by atoms with Gasteiger partial charge in [0.1, 0.15) is 5.75 Å². The zero-order valence-electron chi connectivity index (χ0n) is 15.3. The maximum absolute atomic E-state index is 13.0. The predicted molar refractivity (Wildman–Crippen MR) is 95.6 cm³/mol. The van der Waals surface area contributed by atoms with Gasteiger partial charge in [-0.25, -0.2) is 0 Å². The van der Waals surface area contributed by atoms with Gasteiger partial charge in [-0.05, 0) is 68.9 Å². The van der Waals surface area contributed by atoms with Crippen LogP contribution in [0.5, 0.6) is 5.75 Å². The molecule has 1 aromatic carbocycles. The average Bonchev–Trinajstić information content (AvgIpc) is 2.92. The van der Waals surface area contributed by atoms with Crippen LogP contribution in [-0.4, -0.2) is 35.9 Å². The molecule has 148 valence electrons. The number of ether oxygens (including phenoxy) is 1. The summed E-state index contributed by atoms with van der Waals surface area (Å²) in [5.41, 5.74) is 0.0230. The summed E-state index contributed by atoms with van der Waals surface area (Å²) < 4.78 is 41.4. The fraction of sp³-hybridized carbons (Fsp3) is 0.550. The van der Waals surface area contributed by atoms with Crippen molar-refractivity contribution in [3.05, 3.63) is 36.4 Å². The molecule has 1 amide bonds. The number of anilines is 1. The van der Waals surface area contributed by atoms with Crippen LogP contribution in [0.4, 0.5) is 18.9 Å². The Hall–Kier alpha value is -2.02. The minimum absolute atomic E-state index is 0.0234. The van der Waals surface area contributed by atoms with Gasteiger partial charge in [-0.1, -0.05) is 6.58 Å². The van der Waals surface area contributed by atoms with E-state index in [9.17, 15) is 23.1 Å². The number of carbonyl (C=O) groups excluding carboxylic acids is 1. The van der Waals surface area contributed by atoms with Gasteiger partial charge in [-0.3, -0.25) is 4.79 Å². The summed E-state index contributed by atoms with van der Waals surface area (Å²) in [6.07, 6.45) is -1.41. The van der Waals surface area contributed by atoms with Gasteiger partial charge in [0.2, 0.25) is 5.91 Å². The van der Waals surface area contributed by atoms with Gasteiger partial charge in [-0.15, -0.1) is 0 Å². The van der Waals surface area contributed by atoms with E-state index in [-0.39, 0.29) is 11.7 Å². The highest BCUT2D eigenvalue weighted by molar-refractivity contribution is 6.00. The maximum atomic E-state index is 13.0. The molecule has 1 spiro atoms. The van der Waals surface area contributed by atoms with Crippen LogP contribution < -0.4 is 9.64 Å². The molecule has 27 heavy (non-hydrogen) atoms. The average molecular weight is 383 g/mol. The van der Waals surface area contributed by atoms with Crippen LogP contribution in [0, 0.1) is 5.41 Å². The van der Waals surface area contributed by atoms with E-state index in [0.717, 1.165) is 5.57 Å². The second-order valence-corrected chi connectivity index (χ2v) is 7.70. The molecule has 0 atom stereocenters. The van der Waals surface area contributed by atoms with Crippen molar-refractivity contribution in [2.45, 2.75) is 50.8 Å². The molecular weight excluding hydrogens is 359 g/mol. The number of hydrogen-bond donors (Lipinski definition) is 1. The third-order valence-corrected chi connectivity index (χ3v) is 5.89. The van der Waals surface area contributed by atoms with Crippen molar-refractivity contribution in [1.29, 1.82) is 0 Å². The minimum atomic E-state index is -4.39. The zero-order valence-corrected chi connectivity index (χ0v) is 15.3. The monoisotopic (exact) mass is 383 g/mol. The molecule has 0 aromatic heterocycles. The summed E-state index contributed by atoms with van der Waals surface area (Å²) in [7, 11) is 0. The molecule has 3 rings (SSSR count). The Kier molecular flexibility index (Phi) is 5.01. The standard InChI is InChI=1S/C20H24F3NO3/c1-14(2)19(26)9-7-18(8-10-19)11-12-24(17(18)25)15-3-5-16(6-4-15)27-13-20(21,22)23/h3-6,26H,1,7-13H2,2H3. The topological polar surface area (TPSA) is 49.8 Å². The molecule has 0 radical (unpaired) electrons. The molecule has 2 aliphatic rings. The third-order valence-electron chi connectivity index (χ3n) is 5.89. The van der Waals surface area contributed by atoms with E-state index < -0.39 is 23.8 Å². The zero-order chi connectivity index (χ0) is 19.9. The van der Waals surface area contributed by atoms with Crippen LogP contribution >= 0.6 is 0 Å². The molecule has 7 heteroatoms. The van der Waals surface area contributed by atoms with Crippen molar-refractivity contribution >= 4 is 11.6 Å². The first-order chi connectivity index (χ1) is 12.5. The first-order valence-electron chi connectivity index (χ1n) is 9.05. The number of amides is 1. The SMILES string of the molecule is C=C(C)C1(O)CCC2(CCN(c3ccc(OCC(F)(F)F)cc3)C2=O)CC1. The first-order valence-corrected chi connectivity index (χ1v) is 9.05. The largest absolute Gasteiger partial charge is 0.484 e. The van der Waals surface area contributed by atoms with Gasteiger partial charge < -0.3 is 14.7 Å². The smallest absolute Gasteiger partial charge is 0.422 e. The fourth-order valence-electron chi connectivity index (χ4n) is 3.99. The lowest BCUT2D eigenvalue weighted by Crippen LogP contribution is -2.43. The molecule has 1 aliphatic carbocycles.